The zero-order valence-corrected chi connectivity index (χ0v) is 28.3. The fraction of sp³-hybridized carbons (Fsp3) is 0.100. The molecule has 9 rings (SSSR count). The van der Waals surface area contributed by atoms with E-state index in [1.54, 1.807) is 22.7 Å². The monoisotopic (exact) mass is 666 g/mol. The third-order valence-corrected chi connectivity index (χ3v) is 13.2. The van der Waals surface area contributed by atoms with Gasteiger partial charge in [0, 0.05) is 72.4 Å². The Balaban J connectivity index is 1.17. The first-order valence-corrected chi connectivity index (χ1v) is 19.0. The molecule has 0 saturated carbocycles. The Morgan fingerprint density at radius 2 is 1.22 bits per heavy atom. The molecule has 0 radical (unpaired) electrons. The van der Waals surface area contributed by atoms with Gasteiger partial charge in [0.05, 0.1) is 11.1 Å². The van der Waals surface area contributed by atoms with Gasteiger partial charge in [-0.25, -0.2) is 0 Å². The summed E-state index contributed by atoms with van der Waals surface area (Å²) in [4.78, 5) is 7.87. The number of hydrogen-bond acceptors (Lipinski definition) is 4. The SMILES string of the molecule is C(=C\c1ccc(-c2cccs2)s1)/c1cc(/C=C/c2ccc(-c3cccs3)s2)[n+]2c(c1)-c1c(ccc3c1-c1cccc[n+]1CC3)CC2. The fourth-order valence-corrected chi connectivity index (χ4v) is 10.2. The molecule has 46 heavy (non-hydrogen) atoms. The molecular formula is C40H30N2S4+2. The number of hydrogen-bond donors (Lipinski definition) is 0. The molecule has 0 bridgehead atoms. The maximum Gasteiger partial charge on any atom is 0.214 e. The lowest BCUT2D eigenvalue weighted by atomic mass is 9.84. The van der Waals surface area contributed by atoms with Crippen LogP contribution < -0.4 is 9.13 Å². The summed E-state index contributed by atoms with van der Waals surface area (Å²) in [7, 11) is 0. The van der Waals surface area contributed by atoms with Crippen molar-refractivity contribution in [2.75, 3.05) is 0 Å². The second-order valence-electron chi connectivity index (χ2n) is 11.7. The van der Waals surface area contributed by atoms with Crippen LogP contribution in [0.1, 0.15) is 32.1 Å². The third-order valence-electron chi connectivity index (χ3n) is 8.92. The molecule has 0 unspecified atom stereocenters. The predicted octanol–water partition coefficient (Wildman–Crippen LogP) is 10.6. The molecule has 0 saturated heterocycles. The summed E-state index contributed by atoms with van der Waals surface area (Å²) in [6.07, 6.45) is 13.5. The summed E-state index contributed by atoms with van der Waals surface area (Å²) in [6.45, 7) is 2.00. The average molecular weight is 667 g/mol. The molecule has 0 fully saturated rings. The molecule has 7 aromatic rings. The highest BCUT2D eigenvalue weighted by Gasteiger charge is 2.34. The number of fused-ring (bicyclic) bond motifs is 7. The lowest BCUT2D eigenvalue weighted by Gasteiger charge is -2.23. The number of rotatable bonds is 6. The van der Waals surface area contributed by atoms with Crippen molar-refractivity contribution in [2.24, 2.45) is 0 Å². The van der Waals surface area contributed by atoms with Crippen LogP contribution in [0.5, 0.6) is 0 Å². The van der Waals surface area contributed by atoms with E-state index in [4.69, 9.17) is 0 Å². The normalized spacial score (nSPS) is 13.6. The molecule has 2 aliphatic rings. The molecule has 2 aliphatic heterocycles. The zero-order valence-electron chi connectivity index (χ0n) is 25.1. The van der Waals surface area contributed by atoms with Gasteiger partial charge in [-0.05, 0) is 82.1 Å². The van der Waals surface area contributed by atoms with Crippen LogP contribution in [-0.2, 0) is 25.9 Å². The molecule has 2 nitrogen and oxygen atoms in total. The highest BCUT2D eigenvalue weighted by atomic mass is 32.1. The van der Waals surface area contributed by atoms with Crippen LogP contribution in [0.3, 0.4) is 0 Å². The van der Waals surface area contributed by atoms with E-state index in [2.05, 4.69) is 141 Å². The van der Waals surface area contributed by atoms with Crippen LogP contribution >= 0.6 is 45.3 Å². The van der Waals surface area contributed by atoms with Crippen molar-refractivity contribution in [1.82, 2.24) is 0 Å². The first kappa shape index (κ1) is 28.1. The second-order valence-corrected chi connectivity index (χ2v) is 15.8. The summed E-state index contributed by atoms with van der Waals surface area (Å²) in [6, 6.07) is 33.8. The second kappa shape index (κ2) is 11.9. The van der Waals surface area contributed by atoms with Crippen molar-refractivity contribution in [2.45, 2.75) is 25.9 Å². The number of aryl methyl sites for hydroxylation is 3. The van der Waals surface area contributed by atoms with Crippen molar-refractivity contribution in [1.29, 1.82) is 0 Å². The molecule has 222 valence electrons. The van der Waals surface area contributed by atoms with Gasteiger partial charge in [0.1, 0.15) is 0 Å². The summed E-state index contributed by atoms with van der Waals surface area (Å²) in [5.74, 6) is 0. The van der Waals surface area contributed by atoms with Gasteiger partial charge in [-0.2, -0.15) is 9.13 Å². The van der Waals surface area contributed by atoms with Crippen LogP contribution in [0, 0.1) is 0 Å². The summed E-state index contributed by atoms with van der Waals surface area (Å²) in [5, 5.41) is 4.30. The predicted molar refractivity (Wildman–Crippen MR) is 198 cm³/mol. The first-order chi connectivity index (χ1) is 22.8. The lowest BCUT2D eigenvalue weighted by Crippen LogP contribution is -2.44. The molecule has 0 amide bonds. The molecule has 1 aromatic carbocycles. The summed E-state index contributed by atoms with van der Waals surface area (Å²) >= 11 is 7.32. The van der Waals surface area contributed by atoms with Crippen LogP contribution in [0.15, 0.2) is 108 Å². The smallest absolute Gasteiger partial charge is 0.198 e. The topological polar surface area (TPSA) is 7.76 Å². The van der Waals surface area contributed by atoms with E-state index in [1.807, 2.05) is 22.7 Å². The molecular weight excluding hydrogens is 637 g/mol. The van der Waals surface area contributed by atoms with E-state index < -0.39 is 0 Å². The third kappa shape index (κ3) is 5.16. The maximum atomic E-state index is 2.55. The highest BCUT2D eigenvalue weighted by molar-refractivity contribution is 7.22. The van der Waals surface area contributed by atoms with E-state index in [0.717, 1.165) is 25.9 Å². The van der Waals surface area contributed by atoms with Gasteiger partial charge >= 0.3 is 0 Å². The number of thiophene rings is 4. The van der Waals surface area contributed by atoms with E-state index in [-0.39, 0.29) is 0 Å². The Kier molecular flexibility index (Phi) is 7.24. The van der Waals surface area contributed by atoms with Gasteiger partial charge in [0.15, 0.2) is 19.3 Å². The average Bonchev–Trinajstić information content (AvgIpc) is 3.93. The van der Waals surface area contributed by atoms with Crippen molar-refractivity contribution in [3.05, 3.63) is 140 Å². The molecule has 8 heterocycles. The van der Waals surface area contributed by atoms with Crippen molar-refractivity contribution in [3.8, 4) is 42.0 Å². The van der Waals surface area contributed by atoms with Gasteiger partial charge in [-0.3, -0.25) is 0 Å². The van der Waals surface area contributed by atoms with E-state index >= 15 is 0 Å². The van der Waals surface area contributed by atoms with E-state index in [9.17, 15) is 0 Å². The molecule has 6 heteroatoms. The largest absolute Gasteiger partial charge is 0.214 e. The number of benzene rings is 1. The minimum Gasteiger partial charge on any atom is -0.198 e. The standard InChI is InChI=1S/C40H30N2S4/c1-2-20-41-21-18-28-9-10-29-19-22-42-30(11-13-32-15-17-38(46-32)36-7-4-24-44-36)25-27(26-34(42)40(29)39(28)33(41)5-1)8-12-31-14-16-37(45-31)35-6-3-23-43-35/h1-17,20,23-26H,18-19,21-22H2/q+2/b12-8+,13-11+. The zero-order chi connectivity index (χ0) is 30.5. The maximum absolute atomic E-state index is 2.55. The van der Waals surface area contributed by atoms with Crippen molar-refractivity contribution >= 4 is 69.7 Å². The lowest BCUT2D eigenvalue weighted by molar-refractivity contribution is -0.690. The Hall–Kier alpha value is -4.20. The Morgan fingerprint density at radius 1 is 0.543 bits per heavy atom. The summed E-state index contributed by atoms with van der Waals surface area (Å²) in [5.41, 5.74) is 10.8. The number of nitrogens with zero attached hydrogens (tertiary/aromatic N) is 2. The van der Waals surface area contributed by atoms with Gasteiger partial charge < -0.3 is 0 Å². The van der Waals surface area contributed by atoms with Gasteiger partial charge in [0.2, 0.25) is 17.1 Å². The van der Waals surface area contributed by atoms with Gasteiger partial charge in [0.25, 0.3) is 0 Å². The van der Waals surface area contributed by atoms with Crippen LogP contribution in [0.2, 0.25) is 0 Å². The van der Waals surface area contributed by atoms with Crippen LogP contribution in [0.25, 0.3) is 66.3 Å². The summed E-state index contributed by atoms with van der Waals surface area (Å²) < 4.78 is 4.97. The van der Waals surface area contributed by atoms with Crippen LogP contribution in [0.4, 0.5) is 0 Å². The Bertz CT molecular complexity index is 2260. The minimum atomic E-state index is 0.972. The van der Waals surface area contributed by atoms with E-state index in [0.29, 0.717) is 0 Å². The van der Waals surface area contributed by atoms with Crippen LogP contribution in [-0.4, -0.2) is 0 Å². The Labute approximate surface area is 285 Å². The van der Waals surface area contributed by atoms with Crippen molar-refractivity contribution in [3.63, 3.8) is 0 Å². The highest BCUT2D eigenvalue weighted by Crippen LogP contribution is 2.40. The molecule has 6 aromatic heterocycles. The quantitative estimate of drug-likeness (QED) is 0.156. The fourth-order valence-electron chi connectivity index (χ4n) is 6.75. The van der Waals surface area contributed by atoms with E-state index in [1.165, 1.54) is 74.2 Å². The first-order valence-electron chi connectivity index (χ1n) is 15.6. The molecule has 0 N–H and O–H groups in total. The number of pyridine rings is 2. The number of aromatic nitrogens is 2. The molecule has 0 spiro atoms. The van der Waals surface area contributed by atoms with Gasteiger partial charge in [-0.15, -0.1) is 45.3 Å². The Morgan fingerprint density at radius 3 is 1.91 bits per heavy atom. The van der Waals surface area contributed by atoms with Crippen molar-refractivity contribution < 1.29 is 9.13 Å². The minimum absolute atomic E-state index is 0.972. The molecule has 0 atom stereocenters. The molecule has 0 aliphatic carbocycles. The van der Waals surface area contributed by atoms with Gasteiger partial charge in [-0.1, -0.05) is 30.3 Å².